The van der Waals surface area contributed by atoms with E-state index < -0.39 is 0 Å². The van der Waals surface area contributed by atoms with Crippen LogP contribution in [-0.2, 0) is 6.54 Å². The maximum Gasteiger partial charge on any atom is 1.00 e. The first-order valence-corrected chi connectivity index (χ1v) is 5.29. The molecule has 0 N–H and O–H groups in total. The molecule has 2 aromatic heterocycles. The number of aromatic nitrogens is 3. The van der Waals surface area contributed by atoms with Crippen molar-refractivity contribution >= 4 is 11.5 Å². The Morgan fingerprint density at radius 3 is 3.00 bits per heavy atom. The summed E-state index contributed by atoms with van der Waals surface area (Å²) < 4.78 is 11.5. The Morgan fingerprint density at radius 1 is 1.60 bits per heavy atom. The van der Waals surface area contributed by atoms with Crippen LogP contribution in [0.4, 0.5) is 0 Å². The minimum absolute atomic E-state index is 0. The zero-order valence-corrected chi connectivity index (χ0v) is 14.9. The molecule has 2 rings (SSSR count). The van der Waals surface area contributed by atoms with Gasteiger partial charge in [-0.2, -0.15) is 0 Å². The van der Waals surface area contributed by atoms with E-state index in [2.05, 4.69) is 22.6 Å². The van der Waals surface area contributed by atoms with Crippen molar-refractivity contribution in [1.82, 2.24) is 9.47 Å². The normalized spacial score (nSPS) is 10.0. The van der Waals surface area contributed by atoms with Gasteiger partial charge in [0.2, 0.25) is 6.20 Å². The molecule has 0 atom stereocenters. The largest absolute Gasteiger partial charge is 1.00 e. The Hall–Kier alpha value is 0.575. The topological polar surface area (TPSA) is 42.8 Å². The van der Waals surface area contributed by atoms with Gasteiger partial charge in [0.1, 0.15) is 0 Å². The monoisotopic (exact) mass is 294 g/mol. The Balaban J connectivity index is 0.00000112. The molecule has 0 aliphatic carbocycles. The molecule has 74 valence electrons. The van der Waals surface area contributed by atoms with E-state index in [0.717, 1.165) is 17.8 Å². The molecule has 2 aromatic rings. The van der Waals surface area contributed by atoms with E-state index in [1.165, 1.54) is 11.5 Å². The van der Waals surface area contributed by atoms with Gasteiger partial charge >= 0.3 is 58.2 Å². The molecule has 0 saturated carbocycles. The van der Waals surface area contributed by atoms with Crippen LogP contribution in [0.2, 0.25) is 0 Å². The van der Waals surface area contributed by atoms with Crippen molar-refractivity contribution in [3.8, 4) is 10.8 Å². The average molecular weight is 295 g/mol. The second-order valence-electron chi connectivity index (χ2n) is 3.02. The predicted octanol–water partition coefficient (Wildman–Crippen LogP) is -1.39. The smallest absolute Gasteiger partial charge is 0.545 e. The third-order valence-electron chi connectivity index (χ3n) is 1.74. The molecule has 0 bridgehead atoms. The summed E-state index contributed by atoms with van der Waals surface area (Å²) in [5, 5.41) is 0. The fourth-order valence-corrected chi connectivity index (χ4v) is 1.79. The van der Waals surface area contributed by atoms with E-state index in [0.29, 0.717) is 11.7 Å². The summed E-state index contributed by atoms with van der Waals surface area (Å²) >= 11 is 1.39. The summed E-state index contributed by atoms with van der Waals surface area (Å²) in [6.07, 6.45) is 5.79. The molecule has 0 aliphatic heterocycles. The van der Waals surface area contributed by atoms with Gasteiger partial charge in [0.25, 0.3) is 0 Å². The first-order valence-electron chi connectivity index (χ1n) is 4.51. The minimum atomic E-state index is 0. The van der Waals surface area contributed by atoms with E-state index in [1.54, 1.807) is 0 Å². The van der Waals surface area contributed by atoms with Gasteiger partial charge in [-0.15, -0.1) is 6.20 Å². The van der Waals surface area contributed by atoms with Gasteiger partial charge in [-0.3, -0.25) is 0 Å². The van der Waals surface area contributed by atoms with Crippen molar-refractivity contribution in [2.75, 3.05) is 0 Å². The molecule has 0 amide bonds. The SMILES string of the molecule is CCC[n+]1cc(-c2n[c-]c(C)o2)sn1.[Rb+]. The zero-order valence-electron chi connectivity index (χ0n) is 9.15. The fraction of sp³-hybridized carbons (Fsp3) is 0.444. The summed E-state index contributed by atoms with van der Waals surface area (Å²) in [6.45, 7) is 4.88. The van der Waals surface area contributed by atoms with Gasteiger partial charge in [0.15, 0.2) is 6.54 Å². The molecule has 0 unspecified atom stereocenters. The van der Waals surface area contributed by atoms with Crippen molar-refractivity contribution in [2.45, 2.75) is 26.8 Å². The predicted molar refractivity (Wildman–Crippen MR) is 51.7 cm³/mol. The Bertz CT molecular complexity index is 426. The third kappa shape index (κ3) is 3.52. The molecule has 0 radical (unpaired) electrons. The van der Waals surface area contributed by atoms with Gasteiger partial charge in [-0.1, -0.05) is 11.6 Å². The molecular formula is C9H11N3ORbS+. The van der Waals surface area contributed by atoms with Crippen molar-refractivity contribution in [2.24, 2.45) is 0 Å². The molecular weight excluding hydrogens is 284 g/mol. The molecule has 0 fully saturated rings. The van der Waals surface area contributed by atoms with Crippen LogP contribution in [0.15, 0.2) is 10.6 Å². The number of oxazole rings is 1. The number of rotatable bonds is 3. The van der Waals surface area contributed by atoms with E-state index in [9.17, 15) is 0 Å². The maximum atomic E-state index is 5.35. The Morgan fingerprint density at radius 2 is 2.40 bits per heavy atom. The molecule has 0 saturated heterocycles. The molecule has 0 aromatic carbocycles. The molecule has 0 spiro atoms. The standard InChI is InChI=1S/C9H11N3OS.Rb/c1-3-4-12-6-8(14-11-12)9-10-5-7(2)13-9;/h6H,3-4H2,1-2H3;/q;+1. The minimum Gasteiger partial charge on any atom is -0.545 e. The summed E-state index contributed by atoms with van der Waals surface area (Å²) in [7, 11) is 0. The number of nitrogens with zero attached hydrogens (tertiary/aromatic N) is 3. The van der Waals surface area contributed by atoms with Gasteiger partial charge < -0.3 is 9.40 Å². The summed E-state index contributed by atoms with van der Waals surface area (Å²) in [5.41, 5.74) is 0. The number of aryl methyl sites for hydroxylation is 2. The number of hydrogen-bond donors (Lipinski definition) is 0. The van der Waals surface area contributed by atoms with Crippen LogP contribution in [0.3, 0.4) is 0 Å². The first kappa shape index (κ1) is 13.6. The molecule has 4 nitrogen and oxygen atoms in total. The van der Waals surface area contributed by atoms with Crippen LogP contribution in [-0.4, -0.2) is 9.47 Å². The van der Waals surface area contributed by atoms with E-state index in [4.69, 9.17) is 4.42 Å². The summed E-state index contributed by atoms with van der Waals surface area (Å²) in [6, 6.07) is 0. The van der Waals surface area contributed by atoms with Gasteiger partial charge in [0.05, 0.1) is 15.3 Å². The third-order valence-corrected chi connectivity index (χ3v) is 2.51. The van der Waals surface area contributed by atoms with Gasteiger partial charge in [-0.25, -0.2) is 0 Å². The van der Waals surface area contributed by atoms with Crippen molar-refractivity contribution in [1.29, 1.82) is 0 Å². The van der Waals surface area contributed by atoms with Crippen LogP contribution >= 0.6 is 11.5 Å². The second-order valence-corrected chi connectivity index (χ2v) is 3.80. The van der Waals surface area contributed by atoms with Crippen LogP contribution in [0.1, 0.15) is 19.1 Å². The number of hydrogen-bond acceptors (Lipinski definition) is 4. The maximum absolute atomic E-state index is 5.35. The summed E-state index contributed by atoms with van der Waals surface area (Å²) in [5.74, 6) is 1.31. The van der Waals surface area contributed by atoms with Crippen LogP contribution in [0, 0.1) is 13.1 Å². The molecule has 15 heavy (non-hydrogen) atoms. The van der Waals surface area contributed by atoms with Crippen molar-refractivity contribution in [3.05, 3.63) is 18.2 Å². The van der Waals surface area contributed by atoms with Crippen LogP contribution in [0.25, 0.3) is 10.8 Å². The van der Waals surface area contributed by atoms with Crippen molar-refractivity contribution < 1.29 is 67.3 Å². The van der Waals surface area contributed by atoms with E-state index in [1.807, 2.05) is 17.8 Å². The van der Waals surface area contributed by atoms with E-state index >= 15 is 0 Å². The second kappa shape index (κ2) is 6.34. The van der Waals surface area contributed by atoms with Gasteiger partial charge in [-0.05, 0) is 6.92 Å². The molecule has 2 heterocycles. The Kier molecular flexibility index (Phi) is 5.77. The Labute approximate surface area is 142 Å². The fourth-order valence-electron chi connectivity index (χ4n) is 1.13. The molecule has 0 aliphatic rings. The average Bonchev–Trinajstić information content (AvgIpc) is 2.74. The quantitative estimate of drug-likeness (QED) is 0.517. The van der Waals surface area contributed by atoms with E-state index in [-0.39, 0.29) is 58.2 Å². The van der Waals surface area contributed by atoms with Crippen molar-refractivity contribution in [3.63, 3.8) is 0 Å². The van der Waals surface area contributed by atoms with Crippen LogP contribution in [0.5, 0.6) is 0 Å². The van der Waals surface area contributed by atoms with Gasteiger partial charge in [0, 0.05) is 23.7 Å². The molecule has 6 heteroatoms. The summed E-state index contributed by atoms with van der Waals surface area (Å²) in [4.78, 5) is 4.97. The first-order chi connectivity index (χ1) is 6.79. The zero-order chi connectivity index (χ0) is 9.97. The van der Waals surface area contributed by atoms with Crippen LogP contribution < -0.4 is 62.9 Å².